The minimum absolute atomic E-state index is 0.605. The molecule has 2 aliphatic carbocycles. The van der Waals surface area contributed by atoms with E-state index in [1.54, 1.807) is 0 Å². The van der Waals surface area contributed by atoms with Crippen molar-refractivity contribution in [2.24, 2.45) is 17.6 Å². The highest BCUT2D eigenvalue weighted by Gasteiger charge is 2.39. The van der Waals surface area contributed by atoms with Crippen molar-refractivity contribution in [2.75, 3.05) is 6.54 Å². The number of nitrogens with two attached hydrogens (primary N) is 1. The van der Waals surface area contributed by atoms with Gasteiger partial charge in [0.1, 0.15) is 0 Å². The van der Waals surface area contributed by atoms with Crippen LogP contribution in [-0.4, -0.2) is 21.5 Å². The normalized spacial score (nSPS) is 30.6. The summed E-state index contributed by atoms with van der Waals surface area (Å²) in [4.78, 5) is 0. The molecular weight excluding hydrogens is 176 g/mol. The van der Waals surface area contributed by atoms with Gasteiger partial charge in [0.15, 0.2) is 0 Å². The Balaban J connectivity index is 1.65. The molecular formula is C10H16N4. The quantitative estimate of drug-likeness (QED) is 0.766. The third-order valence-corrected chi connectivity index (χ3v) is 3.30. The molecule has 0 aromatic carbocycles. The lowest BCUT2D eigenvalue weighted by molar-refractivity contribution is 0.544. The average Bonchev–Trinajstić information content (AvgIpc) is 3.07. The fourth-order valence-corrected chi connectivity index (χ4v) is 2.01. The molecule has 2 N–H and O–H groups in total. The smallest absolute Gasteiger partial charge is 0.0861 e. The van der Waals surface area contributed by atoms with Crippen LogP contribution in [0.4, 0.5) is 0 Å². The zero-order valence-electron chi connectivity index (χ0n) is 8.26. The van der Waals surface area contributed by atoms with Crippen LogP contribution in [0.5, 0.6) is 0 Å². The lowest BCUT2D eigenvalue weighted by atomic mass is 10.2. The number of hydrogen-bond acceptors (Lipinski definition) is 3. The molecule has 2 atom stereocenters. The summed E-state index contributed by atoms with van der Waals surface area (Å²) in [6.45, 7) is 1.85. The second kappa shape index (κ2) is 3.05. The van der Waals surface area contributed by atoms with Crippen molar-refractivity contribution >= 4 is 0 Å². The van der Waals surface area contributed by atoms with E-state index in [9.17, 15) is 0 Å². The summed E-state index contributed by atoms with van der Waals surface area (Å²) >= 11 is 0. The van der Waals surface area contributed by atoms with Crippen molar-refractivity contribution in [3.63, 3.8) is 0 Å². The summed E-state index contributed by atoms with van der Waals surface area (Å²) in [5.41, 5.74) is 6.76. The lowest BCUT2D eigenvalue weighted by Crippen LogP contribution is -2.02. The molecule has 0 bridgehead atoms. The summed E-state index contributed by atoms with van der Waals surface area (Å²) in [7, 11) is 0. The monoisotopic (exact) mass is 192 g/mol. The lowest BCUT2D eigenvalue weighted by Gasteiger charge is -1.94. The van der Waals surface area contributed by atoms with Gasteiger partial charge >= 0.3 is 0 Å². The van der Waals surface area contributed by atoms with Crippen LogP contribution in [0, 0.1) is 11.8 Å². The summed E-state index contributed by atoms with van der Waals surface area (Å²) in [5.74, 6) is 2.14. The van der Waals surface area contributed by atoms with Gasteiger partial charge in [-0.1, -0.05) is 5.21 Å². The van der Waals surface area contributed by atoms with E-state index in [1.807, 2.05) is 4.68 Å². The summed E-state index contributed by atoms with van der Waals surface area (Å²) < 4.78 is 2.00. The fourth-order valence-electron chi connectivity index (χ4n) is 2.01. The molecule has 2 fully saturated rings. The topological polar surface area (TPSA) is 56.7 Å². The number of aromatic nitrogens is 3. The number of hydrogen-bond donors (Lipinski definition) is 1. The van der Waals surface area contributed by atoms with E-state index in [2.05, 4.69) is 16.5 Å². The van der Waals surface area contributed by atoms with E-state index >= 15 is 0 Å². The van der Waals surface area contributed by atoms with Gasteiger partial charge in [-0.3, -0.25) is 4.68 Å². The second-order valence-electron chi connectivity index (χ2n) is 4.65. The Kier molecular flexibility index (Phi) is 1.83. The van der Waals surface area contributed by atoms with Crippen molar-refractivity contribution in [1.29, 1.82) is 0 Å². The van der Waals surface area contributed by atoms with Gasteiger partial charge in [-0.2, -0.15) is 0 Å². The number of rotatable bonds is 4. The van der Waals surface area contributed by atoms with Crippen LogP contribution >= 0.6 is 0 Å². The van der Waals surface area contributed by atoms with Crippen LogP contribution in [-0.2, 0) is 6.54 Å². The highest BCUT2D eigenvalue weighted by atomic mass is 15.4. The van der Waals surface area contributed by atoms with Gasteiger partial charge in [0.2, 0.25) is 0 Å². The van der Waals surface area contributed by atoms with Gasteiger partial charge in [-0.25, -0.2) is 0 Å². The number of nitrogens with zero attached hydrogens (tertiary/aromatic N) is 3. The van der Waals surface area contributed by atoms with E-state index < -0.39 is 0 Å². The zero-order chi connectivity index (χ0) is 9.54. The Morgan fingerprint density at radius 1 is 1.50 bits per heavy atom. The largest absolute Gasteiger partial charge is 0.330 e. The molecule has 76 valence electrons. The first-order chi connectivity index (χ1) is 6.86. The van der Waals surface area contributed by atoms with Crippen molar-refractivity contribution in [2.45, 2.75) is 31.7 Å². The Bertz CT molecular complexity index is 329. The maximum absolute atomic E-state index is 5.60. The Morgan fingerprint density at radius 2 is 2.36 bits per heavy atom. The van der Waals surface area contributed by atoms with E-state index in [0.717, 1.165) is 24.7 Å². The molecule has 1 aromatic heterocycles. The third-order valence-electron chi connectivity index (χ3n) is 3.30. The molecule has 1 aromatic rings. The van der Waals surface area contributed by atoms with Crippen molar-refractivity contribution < 1.29 is 0 Å². The Hall–Kier alpha value is -0.900. The molecule has 0 unspecified atom stereocenters. The SMILES string of the molecule is NC[C@@H]1C[C@H]1c1cn(CC2CC2)nn1. The van der Waals surface area contributed by atoms with Crippen molar-refractivity contribution in [3.05, 3.63) is 11.9 Å². The molecule has 2 saturated carbocycles. The van der Waals surface area contributed by atoms with Crippen LogP contribution in [0.1, 0.15) is 30.9 Å². The van der Waals surface area contributed by atoms with Gasteiger partial charge in [0.05, 0.1) is 5.69 Å². The predicted octanol–water partition coefficient (Wildman–Crippen LogP) is 0.750. The minimum Gasteiger partial charge on any atom is -0.330 e. The standard InChI is InChI=1S/C10H16N4/c11-4-8-3-9(8)10-6-14(13-12-10)5-7-1-2-7/h6-9H,1-5,11H2/t8-,9+/m0/s1. The minimum atomic E-state index is 0.605. The summed E-state index contributed by atoms with van der Waals surface area (Å²) in [5, 5.41) is 8.37. The van der Waals surface area contributed by atoms with Gasteiger partial charge < -0.3 is 5.73 Å². The molecule has 4 nitrogen and oxygen atoms in total. The molecule has 0 spiro atoms. The van der Waals surface area contributed by atoms with Crippen molar-refractivity contribution in [3.8, 4) is 0 Å². The molecule has 0 saturated heterocycles. The van der Waals surface area contributed by atoms with Crippen LogP contribution in [0.3, 0.4) is 0 Å². The van der Waals surface area contributed by atoms with Crippen LogP contribution < -0.4 is 5.73 Å². The van der Waals surface area contributed by atoms with E-state index in [1.165, 1.54) is 19.3 Å². The molecule has 0 amide bonds. The predicted molar refractivity (Wildman–Crippen MR) is 52.6 cm³/mol. The molecule has 0 aliphatic heterocycles. The van der Waals surface area contributed by atoms with E-state index in [0.29, 0.717) is 11.8 Å². The second-order valence-corrected chi connectivity index (χ2v) is 4.65. The third kappa shape index (κ3) is 1.54. The molecule has 14 heavy (non-hydrogen) atoms. The van der Waals surface area contributed by atoms with Gasteiger partial charge in [0.25, 0.3) is 0 Å². The van der Waals surface area contributed by atoms with E-state index in [4.69, 9.17) is 5.73 Å². The van der Waals surface area contributed by atoms with Crippen LogP contribution in [0.2, 0.25) is 0 Å². The fraction of sp³-hybridized carbons (Fsp3) is 0.800. The maximum atomic E-state index is 5.60. The van der Waals surface area contributed by atoms with Crippen molar-refractivity contribution in [1.82, 2.24) is 15.0 Å². The Labute approximate surface area is 83.5 Å². The van der Waals surface area contributed by atoms with Gasteiger partial charge in [0, 0.05) is 18.7 Å². The molecule has 3 rings (SSSR count). The van der Waals surface area contributed by atoms with Gasteiger partial charge in [-0.15, -0.1) is 5.10 Å². The zero-order valence-corrected chi connectivity index (χ0v) is 8.26. The van der Waals surface area contributed by atoms with E-state index in [-0.39, 0.29) is 0 Å². The van der Waals surface area contributed by atoms with Crippen LogP contribution in [0.25, 0.3) is 0 Å². The first kappa shape index (κ1) is 8.41. The van der Waals surface area contributed by atoms with Crippen LogP contribution in [0.15, 0.2) is 6.20 Å². The average molecular weight is 192 g/mol. The highest BCUT2D eigenvalue weighted by Crippen LogP contribution is 2.45. The molecule has 0 radical (unpaired) electrons. The molecule has 2 aliphatic rings. The molecule has 1 heterocycles. The molecule has 4 heteroatoms. The first-order valence-electron chi connectivity index (χ1n) is 5.47. The summed E-state index contributed by atoms with van der Waals surface area (Å²) in [6, 6.07) is 0. The summed E-state index contributed by atoms with van der Waals surface area (Å²) in [6.07, 6.45) is 6.05. The highest BCUT2D eigenvalue weighted by molar-refractivity contribution is 5.14. The van der Waals surface area contributed by atoms with Gasteiger partial charge in [-0.05, 0) is 37.6 Å². The first-order valence-corrected chi connectivity index (χ1v) is 5.47. The maximum Gasteiger partial charge on any atom is 0.0861 e. The Morgan fingerprint density at radius 3 is 3.00 bits per heavy atom.